The van der Waals surface area contributed by atoms with Crippen LogP contribution >= 0.6 is 0 Å². The first-order chi connectivity index (χ1) is 5.00. The fourth-order valence-electron chi connectivity index (χ4n) is 0.642. The van der Waals surface area contributed by atoms with Crippen LogP contribution in [0.1, 0.15) is 0 Å². The van der Waals surface area contributed by atoms with Gasteiger partial charge in [0, 0.05) is 0 Å². The maximum Gasteiger partial charge on any atom is 2.00 e. The molecular formula is C10H10Mo. The second-order valence-electron chi connectivity index (χ2n) is 1.92. The SMILES string of the molecule is [Mo+2].c1cc[cH-]c1.c1cc[cH-]c1. The van der Waals surface area contributed by atoms with Gasteiger partial charge in [-0.25, -0.2) is 24.3 Å². The zero-order valence-corrected chi connectivity index (χ0v) is 8.19. The molecule has 0 aliphatic rings. The summed E-state index contributed by atoms with van der Waals surface area (Å²) < 4.78 is 0. The summed E-state index contributed by atoms with van der Waals surface area (Å²) >= 11 is 0. The zero-order valence-electron chi connectivity index (χ0n) is 6.18. The minimum atomic E-state index is 0. The van der Waals surface area contributed by atoms with Crippen LogP contribution in [-0.4, -0.2) is 0 Å². The molecule has 0 nitrogen and oxygen atoms in total. The van der Waals surface area contributed by atoms with Gasteiger partial charge in [0.05, 0.1) is 0 Å². The van der Waals surface area contributed by atoms with Gasteiger partial charge in [0.25, 0.3) is 0 Å². The Labute approximate surface area is 81.9 Å². The van der Waals surface area contributed by atoms with Crippen molar-refractivity contribution in [2.24, 2.45) is 0 Å². The number of hydrogen-bond acceptors (Lipinski definition) is 0. The van der Waals surface area contributed by atoms with E-state index in [0.717, 1.165) is 0 Å². The van der Waals surface area contributed by atoms with Crippen molar-refractivity contribution in [1.29, 1.82) is 0 Å². The van der Waals surface area contributed by atoms with E-state index in [9.17, 15) is 0 Å². The van der Waals surface area contributed by atoms with Crippen molar-refractivity contribution in [2.45, 2.75) is 0 Å². The van der Waals surface area contributed by atoms with Crippen molar-refractivity contribution in [1.82, 2.24) is 0 Å². The second kappa shape index (κ2) is 7.49. The van der Waals surface area contributed by atoms with Gasteiger partial charge in [-0.15, -0.1) is 0 Å². The molecule has 2 aromatic rings. The molecule has 0 unspecified atom stereocenters. The summed E-state index contributed by atoms with van der Waals surface area (Å²) in [6.45, 7) is 0. The Hall–Kier alpha value is -0.612. The molecule has 0 heterocycles. The summed E-state index contributed by atoms with van der Waals surface area (Å²) in [6, 6.07) is 20.0. The molecule has 2 rings (SSSR count). The zero-order chi connectivity index (χ0) is 7.07. The van der Waals surface area contributed by atoms with Crippen LogP contribution in [-0.2, 0) is 21.1 Å². The monoisotopic (exact) mass is 228 g/mol. The predicted octanol–water partition coefficient (Wildman–Crippen LogP) is 2.81. The first kappa shape index (κ1) is 10.4. The van der Waals surface area contributed by atoms with Gasteiger partial charge in [0.15, 0.2) is 0 Å². The summed E-state index contributed by atoms with van der Waals surface area (Å²) in [5.41, 5.74) is 0. The molecule has 11 heavy (non-hydrogen) atoms. The summed E-state index contributed by atoms with van der Waals surface area (Å²) in [4.78, 5) is 0. The van der Waals surface area contributed by atoms with Crippen molar-refractivity contribution in [3.05, 3.63) is 60.7 Å². The minimum Gasteiger partial charge on any atom is -0.214 e. The van der Waals surface area contributed by atoms with Gasteiger partial charge in [0.1, 0.15) is 0 Å². The quantitative estimate of drug-likeness (QED) is 0.478. The number of hydrogen-bond donors (Lipinski definition) is 0. The Kier molecular flexibility index (Phi) is 7.08. The average Bonchev–Trinajstić information content (AvgIpc) is 2.67. The normalized spacial score (nSPS) is 7.27. The van der Waals surface area contributed by atoms with Gasteiger partial charge in [-0.3, -0.25) is 0 Å². The maximum absolute atomic E-state index is 2.00. The maximum atomic E-state index is 2.00. The molecule has 1 heteroatoms. The summed E-state index contributed by atoms with van der Waals surface area (Å²) in [5, 5.41) is 0. The third-order valence-corrected chi connectivity index (χ3v) is 1.11. The Balaban J connectivity index is 0.000000167. The van der Waals surface area contributed by atoms with Gasteiger partial charge in [-0.1, -0.05) is 0 Å². The smallest absolute Gasteiger partial charge is 0.214 e. The summed E-state index contributed by atoms with van der Waals surface area (Å²) in [5.74, 6) is 0. The number of rotatable bonds is 0. The van der Waals surface area contributed by atoms with Gasteiger partial charge >= 0.3 is 21.1 Å². The molecule has 0 bridgehead atoms. The Morgan fingerprint density at radius 2 is 0.818 bits per heavy atom. The van der Waals surface area contributed by atoms with Crippen molar-refractivity contribution < 1.29 is 21.1 Å². The third-order valence-electron chi connectivity index (χ3n) is 1.11. The molecule has 0 saturated heterocycles. The fourth-order valence-corrected chi connectivity index (χ4v) is 0.642. The molecule has 0 spiro atoms. The Bertz CT molecular complexity index is 144. The van der Waals surface area contributed by atoms with Crippen molar-refractivity contribution in [3.63, 3.8) is 0 Å². The molecule has 0 saturated carbocycles. The molecular weight excluding hydrogens is 216 g/mol. The minimum absolute atomic E-state index is 0. The first-order valence-electron chi connectivity index (χ1n) is 3.33. The van der Waals surface area contributed by atoms with Gasteiger partial charge < -0.3 is 0 Å². The molecule has 0 aliphatic carbocycles. The van der Waals surface area contributed by atoms with E-state index >= 15 is 0 Å². The van der Waals surface area contributed by atoms with Crippen molar-refractivity contribution in [2.75, 3.05) is 0 Å². The first-order valence-corrected chi connectivity index (χ1v) is 3.33. The van der Waals surface area contributed by atoms with Crippen LogP contribution in [0.25, 0.3) is 0 Å². The van der Waals surface area contributed by atoms with E-state index in [1.165, 1.54) is 0 Å². The van der Waals surface area contributed by atoms with Crippen molar-refractivity contribution >= 4 is 0 Å². The van der Waals surface area contributed by atoms with Crippen LogP contribution in [0.5, 0.6) is 0 Å². The van der Waals surface area contributed by atoms with E-state index in [1.807, 2.05) is 60.7 Å². The molecule has 0 N–H and O–H groups in total. The fraction of sp³-hybridized carbons (Fsp3) is 0. The van der Waals surface area contributed by atoms with Gasteiger partial charge in [-0.05, 0) is 0 Å². The summed E-state index contributed by atoms with van der Waals surface area (Å²) in [7, 11) is 0. The Morgan fingerprint density at radius 3 is 0.909 bits per heavy atom. The van der Waals surface area contributed by atoms with E-state index in [4.69, 9.17) is 0 Å². The van der Waals surface area contributed by atoms with E-state index in [0.29, 0.717) is 0 Å². The van der Waals surface area contributed by atoms with E-state index in [-0.39, 0.29) is 21.1 Å². The predicted molar refractivity (Wildman–Crippen MR) is 44.1 cm³/mol. The van der Waals surface area contributed by atoms with Crippen LogP contribution in [0.3, 0.4) is 0 Å². The Morgan fingerprint density at radius 1 is 0.545 bits per heavy atom. The molecule has 0 aliphatic heterocycles. The van der Waals surface area contributed by atoms with Crippen LogP contribution in [0, 0.1) is 0 Å². The molecule has 0 atom stereocenters. The largest absolute Gasteiger partial charge is 2.00 e. The van der Waals surface area contributed by atoms with Crippen LogP contribution in [0.2, 0.25) is 0 Å². The van der Waals surface area contributed by atoms with Gasteiger partial charge in [-0.2, -0.15) is 36.4 Å². The molecule has 0 radical (unpaired) electrons. The van der Waals surface area contributed by atoms with Crippen LogP contribution in [0.15, 0.2) is 60.7 Å². The van der Waals surface area contributed by atoms with E-state index < -0.39 is 0 Å². The van der Waals surface area contributed by atoms with Crippen molar-refractivity contribution in [3.8, 4) is 0 Å². The molecule has 0 aromatic heterocycles. The molecule has 0 amide bonds. The molecule has 0 fully saturated rings. The van der Waals surface area contributed by atoms with E-state index in [2.05, 4.69) is 0 Å². The van der Waals surface area contributed by atoms with Gasteiger partial charge in [0.2, 0.25) is 0 Å². The van der Waals surface area contributed by atoms with Crippen LogP contribution < -0.4 is 0 Å². The van der Waals surface area contributed by atoms with Crippen LogP contribution in [0.4, 0.5) is 0 Å². The molecule has 2 aromatic carbocycles. The topological polar surface area (TPSA) is 0 Å². The second-order valence-corrected chi connectivity index (χ2v) is 1.92. The average molecular weight is 226 g/mol. The third kappa shape index (κ3) is 5.81. The molecule has 56 valence electrons. The van der Waals surface area contributed by atoms with E-state index in [1.54, 1.807) is 0 Å². The summed E-state index contributed by atoms with van der Waals surface area (Å²) in [6.07, 6.45) is 0. The standard InChI is InChI=1S/2C5H5.Mo/c2*1-2-4-5-3-1;/h2*1-5H;/q2*-1;+2.